The molecule has 4 atom stereocenters. The molecule has 1 aromatic heterocycles. The number of benzene rings is 2. The Hall–Kier alpha value is -3.04. The molecule has 3 fully saturated rings. The maximum absolute atomic E-state index is 12.4. The number of nitrogens with one attached hydrogen (secondary N) is 4. The van der Waals surface area contributed by atoms with E-state index in [4.69, 9.17) is 5.84 Å². The van der Waals surface area contributed by atoms with Crippen LogP contribution in [-0.2, 0) is 4.79 Å². The number of aromatic nitrogens is 2. The number of H-pyrrole nitrogens is 1. The van der Waals surface area contributed by atoms with Gasteiger partial charge in [0.25, 0.3) is 0 Å². The predicted molar refractivity (Wildman–Crippen MR) is 141 cm³/mol. The quantitative estimate of drug-likeness (QED) is 0.338. The molecule has 0 spiro atoms. The molecule has 4 heterocycles. The van der Waals surface area contributed by atoms with Crippen molar-refractivity contribution in [2.24, 2.45) is 5.84 Å². The van der Waals surface area contributed by atoms with E-state index < -0.39 is 0 Å². The highest BCUT2D eigenvalue weighted by atomic mass is 16.2. The van der Waals surface area contributed by atoms with Gasteiger partial charge in [-0.2, -0.15) is 0 Å². The van der Waals surface area contributed by atoms with Gasteiger partial charge in [-0.05, 0) is 80.4 Å². The molecule has 3 saturated heterocycles. The fourth-order valence-corrected chi connectivity index (χ4v) is 5.90. The van der Waals surface area contributed by atoms with Gasteiger partial charge >= 0.3 is 0 Å². The number of imidazole rings is 1. The van der Waals surface area contributed by atoms with E-state index in [1.54, 1.807) is 0 Å². The summed E-state index contributed by atoms with van der Waals surface area (Å²) < 4.78 is 0. The molecule has 0 aliphatic carbocycles. The smallest absolute Gasteiger partial charge is 0.241 e. The highest BCUT2D eigenvalue weighted by molar-refractivity contribution is 5.95. The Morgan fingerprint density at radius 2 is 1.56 bits per heavy atom. The largest absolute Gasteiger partial charge is 0.341 e. The van der Waals surface area contributed by atoms with Gasteiger partial charge in [-0.1, -0.05) is 36.4 Å². The summed E-state index contributed by atoms with van der Waals surface area (Å²) in [7, 11) is 0. The van der Waals surface area contributed by atoms with Crippen molar-refractivity contribution in [2.45, 2.75) is 62.7 Å². The number of hydrogen-bond donors (Lipinski definition) is 5. The number of carbonyl (C=O) groups excluding carboxylic acids is 1. The summed E-state index contributed by atoms with van der Waals surface area (Å²) in [6.45, 7) is 1.98. The van der Waals surface area contributed by atoms with Gasteiger partial charge < -0.3 is 20.9 Å². The van der Waals surface area contributed by atoms with Crippen molar-refractivity contribution in [1.82, 2.24) is 25.6 Å². The number of nitrogens with zero attached hydrogens (tertiary/aromatic N) is 2. The van der Waals surface area contributed by atoms with Crippen LogP contribution in [0.1, 0.15) is 73.6 Å². The van der Waals surface area contributed by atoms with Crippen molar-refractivity contribution >= 4 is 11.6 Å². The molecule has 6 rings (SSSR count). The Bertz CT molecular complexity index is 1180. The van der Waals surface area contributed by atoms with E-state index in [-0.39, 0.29) is 24.0 Å². The van der Waals surface area contributed by atoms with Crippen LogP contribution in [0.25, 0.3) is 11.3 Å². The molecular weight excluding hydrogens is 450 g/mol. The Kier molecular flexibility index (Phi) is 6.58. The zero-order valence-corrected chi connectivity index (χ0v) is 20.5. The standard InChI is InChI=1S/C28H35N7O/c29-35-25(19-7-5-18(6-8-19)24-17-32-27(34-24)22-3-1-15-30-22)13-14-26(35)20-9-11-21(12-10-20)33-28(36)23-4-2-16-31-23/h5-12,17,22-23,25-26,30-31H,1-4,13-16,29H2,(H,32,34)(H,33,36). The van der Waals surface area contributed by atoms with Crippen molar-refractivity contribution < 1.29 is 4.79 Å². The van der Waals surface area contributed by atoms with E-state index in [0.29, 0.717) is 6.04 Å². The third-order valence-corrected chi connectivity index (χ3v) is 7.97. The van der Waals surface area contributed by atoms with Crippen LogP contribution in [0, 0.1) is 0 Å². The number of amides is 1. The van der Waals surface area contributed by atoms with Gasteiger partial charge in [-0.3, -0.25) is 10.6 Å². The van der Waals surface area contributed by atoms with Crippen LogP contribution in [0.3, 0.4) is 0 Å². The minimum Gasteiger partial charge on any atom is -0.341 e. The molecule has 6 N–H and O–H groups in total. The lowest BCUT2D eigenvalue weighted by Gasteiger charge is -2.26. The lowest BCUT2D eigenvalue weighted by Crippen LogP contribution is -2.35. The molecule has 3 aromatic rings. The average Bonchev–Trinajstić information content (AvgIpc) is 3.72. The van der Waals surface area contributed by atoms with Gasteiger partial charge in [0, 0.05) is 17.8 Å². The Balaban J connectivity index is 1.09. The van der Waals surface area contributed by atoms with Crippen LogP contribution in [0.5, 0.6) is 0 Å². The fourth-order valence-electron chi connectivity index (χ4n) is 5.90. The van der Waals surface area contributed by atoms with E-state index in [0.717, 1.165) is 68.0 Å². The summed E-state index contributed by atoms with van der Waals surface area (Å²) in [6.07, 6.45) is 8.23. The van der Waals surface area contributed by atoms with E-state index >= 15 is 0 Å². The number of hydrazine groups is 1. The van der Waals surface area contributed by atoms with Gasteiger partial charge in [0.2, 0.25) is 5.91 Å². The molecule has 3 aliphatic rings. The third-order valence-electron chi connectivity index (χ3n) is 7.97. The van der Waals surface area contributed by atoms with Crippen LogP contribution >= 0.6 is 0 Å². The molecular formula is C28H35N7O. The number of hydrogen-bond acceptors (Lipinski definition) is 6. The van der Waals surface area contributed by atoms with E-state index in [1.807, 2.05) is 23.3 Å². The summed E-state index contributed by atoms with van der Waals surface area (Å²) in [4.78, 5) is 20.5. The fraction of sp³-hybridized carbons (Fsp3) is 0.429. The molecule has 8 heteroatoms. The molecule has 36 heavy (non-hydrogen) atoms. The maximum atomic E-state index is 12.4. The molecule has 4 unspecified atom stereocenters. The Morgan fingerprint density at radius 3 is 2.19 bits per heavy atom. The molecule has 0 saturated carbocycles. The number of rotatable bonds is 6. The number of aromatic amines is 1. The summed E-state index contributed by atoms with van der Waals surface area (Å²) in [5.41, 5.74) is 5.43. The van der Waals surface area contributed by atoms with Crippen molar-refractivity contribution in [2.75, 3.05) is 18.4 Å². The summed E-state index contributed by atoms with van der Waals surface area (Å²) in [5, 5.41) is 11.8. The Morgan fingerprint density at radius 1 is 0.889 bits per heavy atom. The maximum Gasteiger partial charge on any atom is 0.241 e. The summed E-state index contributed by atoms with van der Waals surface area (Å²) >= 11 is 0. The minimum absolute atomic E-state index is 0.0478. The van der Waals surface area contributed by atoms with Crippen LogP contribution in [0.15, 0.2) is 54.7 Å². The second-order valence-electron chi connectivity index (χ2n) is 10.3. The minimum atomic E-state index is -0.0780. The number of carbonyl (C=O) groups is 1. The molecule has 3 aliphatic heterocycles. The van der Waals surface area contributed by atoms with E-state index in [2.05, 4.69) is 62.3 Å². The van der Waals surface area contributed by atoms with Gasteiger partial charge in [0.05, 0.1) is 24.0 Å². The predicted octanol–water partition coefficient (Wildman–Crippen LogP) is 3.94. The average molecular weight is 486 g/mol. The second-order valence-corrected chi connectivity index (χ2v) is 10.3. The van der Waals surface area contributed by atoms with Crippen LogP contribution < -0.4 is 21.8 Å². The van der Waals surface area contributed by atoms with Crippen molar-refractivity contribution in [3.8, 4) is 11.3 Å². The van der Waals surface area contributed by atoms with Gasteiger partial charge in [-0.25, -0.2) is 9.99 Å². The number of anilines is 1. The SMILES string of the molecule is NN1C(c2ccc(NC(=O)C3CCCN3)cc2)CCC1c1ccc(-c2cnc(C3CCCN3)[nH]2)cc1. The van der Waals surface area contributed by atoms with Gasteiger partial charge in [0.15, 0.2) is 0 Å². The van der Waals surface area contributed by atoms with Crippen molar-refractivity contribution in [3.05, 3.63) is 71.7 Å². The van der Waals surface area contributed by atoms with Crippen LogP contribution in [0.4, 0.5) is 5.69 Å². The molecule has 0 bridgehead atoms. The zero-order chi connectivity index (χ0) is 24.5. The normalized spacial score (nSPS) is 26.5. The topological polar surface area (TPSA) is 111 Å². The van der Waals surface area contributed by atoms with Crippen LogP contribution in [0.2, 0.25) is 0 Å². The molecule has 8 nitrogen and oxygen atoms in total. The zero-order valence-electron chi connectivity index (χ0n) is 20.5. The summed E-state index contributed by atoms with van der Waals surface area (Å²) in [6, 6.07) is 17.4. The monoisotopic (exact) mass is 485 g/mol. The molecule has 188 valence electrons. The highest BCUT2D eigenvalue weighted by Crippen LogP contribution is 2.42. The molecule has 0 radical (unpaired) electrons. The Labute approximate surface area is 212 Å². The lowest BCUT2D eigenvalue weighted by molar-refractivity contribution is -0.117. The van der Waals surface area contributed by atoms with Gasteiger partial charge in [-0.15, -0.1) is 0 Å². The first-order chi connectivity index (χ1) is 17.7. The first-order valence-electron chi connectivity index (χ1n) is 13.2. The second kappa shape index (κ2) is 10.1. The third kappa shape index (κ3) is 4.69. The molecule has 1 amide bonds. The van der Waals surface area contributed by atoms with Crippen molar-refractivity contribution in [1.29, 1.82) is 0 Å². The van der Waals surface area contributed by atoms with E-state index in [9.17, 15) is 4.79 Å². The lowest BCUT2D eigenvalue weighted by atomic mass is 10.0. The highest BCUT2D eigenvalue weighted by Gasteiger charge is 2.33. The first-order valence-corrected chi connectivity index (χ1v) is 13.2. The van der Waals surface area contributed by atoms with Gasteiger partial charge in [0.1, 0.15) is 5.82 Å². The number of nitrogens with two attached hydrogens (primary N) is 1. The first kappa shape index (κ1) is 23.4. The summed E-state index contributed by atoms with van der Waals surface area (Å²) in [5.74, 6) is 7.72. The van der Waals surface area contributed by atoms with E-state index in [1.165, 1.54) is 17.5 Å². The van der Waals surface area contributed by atoms with Crippen LogP contribution in [-0.4, -0.2) is 40.0 Å². The molecule has 2 aromatic carbocycles. The van der Waals surface area contributed by atoms with Crippen molar-refractivity contribution in [3.63, 3.8) is 0 Å².